The lowest BCUT2D eigenvalue weighted by Gasteiger charge is -2.12. The van der Waals surface area contributed by atoms with Crippen LogP contribution in [0, 0.1) is 0 Å². The van der Waals surface area contributed by atoms with Crippen molar-refractivity contribution in [3.63, 3.8) is 0 Å². The monoisotopic (exact) mass is 386 g/mol. The average molecular weight is 386 g/mol. The molecular formula is C20H22N2O4S. The van der Waals surface area contributed by atoms with Crippen LogP contribution in [-0.2, 0) is 13.5 Å². The molecule has 0 aliphatic rings. The van der Waals surface area contributed by atoms with E-state index in [1.165, 1.54) is 38.2 Å². The van der Waals surface area contributed by atoms with Crippen LogP contribution in [0.3, 0.4) is 0 Å². The largest absolute Gasteiger partial charge is 0.493 e. The minimum Gasteiger partial charge on any atom is -0.493 e. The molecule has 0 N–H and O–H groups in total. The van der Waals surface area contributed by atoms with Crippen LogP contribution in [0.25, 0.3) is 10.2 Å². The Morgan fingerprint density at radius 3 is 2.33 bits per heavy atom. The summed E-state index contributed by atoms with van der Waals surface area (Å²) in [7, 11) is 6.48. The van der Waals surface area contributed by atoms with Crippen molar-refractivity contribution in [2.45, 2.75) is 13.3 Å². The van der Waals surface area contributed by atoms with Gasteiger partial charge in [-0.2, -0.15) is 4.99 Å². The van der Waals surface area contributed by atoms with Gasteiger partial charge in [0.15, 0.2) is 16.3 Å². The minimum atomic E-state index is -0.366. The number of aromatic nitrogens is 1. The molecule has 0 atom stereocenters. The van der Waals surface area contributed by atoms with Gasteiger partial charge >= 0.3 is 0 Å². The molecule has 2 aromatic carbocycles. The van der Waals surface area contributed by atoms with Gasteiger partial charge in [-0.15, -0.1) is 0 Å². The van der Waals surface area contributed by atoms with Crippen LogP contribution >= 0.6 is 11.3 Å². The van der Waals surface area contributed by atoms with Crippen molar-refractivity contribution in [2.75, 3.05) is 21.3 Å². The second-order valence-corrected chi connectivity index (χ2v) is 6.90. The Morgan fingerprint density at radius 1 is 1.11 bits per heavy atom. The van der Waals surface area contributed by atoms with E-state index >= 15 is 0 Å². The number of rotatable bonds is 5. The predicted molar refractivity (Wildman–Crippen MR) is 106 cm³/mol. The third kappa shape index (κ3) is 3.42. The molecule has 6 nitrogen and oxygen atoms in total. The first kappa shape index (κ1) is 19.0. The number of methoxy groups -OCH3 is 3. The zero-order valence-corrected chi connectivity index (χ0v) is 16.8. The standard InChI is InChI=1S/C20H22N2O4S/c1-6-12-8-7-9-16-17(12)22(2)20(27-16)21-19(23)13-10-14(24-3)18(26-5)15(11-13)25-4/h7-11H,6H2,1-5H3. The first-order valence-electron chi connectivity index (χ1n) is 8.50. The zero-order chi connectivity index (χ0) is 19.6. The highest BCUT2D eigenvalue weighted by Crippen LogP contribution is 2.38. The second-order valence-electron chi connectivity index (χ2n) is 5.89. The van der Waals surface area contributed by atoms with Crippen LogP contribution in [0.4, 0.5) is 0 Å². The molecule has 0 aliphatic heterocycles. The molecule has 0 saturated carbocycles. The number of carbonyl (C=O) groups is 1. The number of para-hydroxylation sites is 1. The van der Waals surface area contributed by atoms with E-state index in [4.69, 9.17) is 14.2 Å². The number of fused-ring (bicyclic) bond motifs is 1. The van der Waals surface area contributed by atoms with Gasteiger partial charge in [0.25, 0.3) is 5.91 Å². The molecule has 0 spiro atoms. The van der Waals surface area contributed by atoms with Crippen LogP contribution in [0.1, 0.15) is 22.8 Å². The zero-order valence-electron chi connectivity index (χ0n) is 16.0. The Balaban J connectivity index is 2.12. The molecule has 1 amide bonds. The minimum absolute atomic E-state index is 0.366. The van der Waals surface area contributed by atoms with E-state index in [2.05, 4.69) is 18.0 Å². The maximum absolute atomic E-state index is 12.8. The number of ether oxygens (including phenoxy) is 3. The SMILES string of the molecule is CCc1cccc2sc(=NC(=O)c3cc(OC)c(OC)c(OC)c3)n(C)c12. The van der Waals surface area contributed by atoms with Crippen LogP contribution < -0.4 is 19.0 Å². The molecular weight excluding hydrogens is 364 g/mol. The first-order valence-corrected chi connectivity index (χ1v) is 9.32. The van der Waals surface area contributed by atoms with Gasteiger partial charge < -0.3 is 18.8 Å². The number of benzene rings is 2. The summed E-state index contributed by atoms with van der Waals surface area (Å²) in [5.74, 6) is 0.916. The Kier molecular flexibility index (Phi) is 5.51. The number of carbonyl (C=O) groups excluding carboxylic acids is 1. The quantitative estimate of drug-likeness (QED) is 0.673. The number of nitrogens with zero attached hydrogens (tertiary/aromatic N) is 2. The fourth-order valence-electron chi connectivity index (χ4n) is 3.03. The van der Waals surface area contributed by atoms with Gasteiger partial charge in [-0.05, 0) is 30.2 Å². The Bertz CT molecular complexity index is 1040. The summed E-state index contributed by atoms with van der Waals surface area (Å²) in [5, 5.41) is 0. The highest BCUT2D eigenvalue weighted by molar-refractivity contribution is 7.16. The summed E-state index contributed by atoms with van der Waals surface area (Å²) in [6.45, 7) is 2.12. The third-order valence-electron chi connectivity index (χ3n) is 4.40. The Labute approximate surface area is 161 Å². The first-order chi connectivity index (χ1) is 13.0. The second kappa shape index (κ2) is 7.84. The van der Waals surface area contributed by atoms with E-state index < -0.39 is 0 Å². The summed E-state index contributed by atoms with van der Waals surface area (Å²) in [4.78, 5) is 17.8. The lowest BCUT2D eigenvalue weighted by atomic mass is 10.1. The van der Waals surface area contributed by atoms with Crippen LogP contribution in [0.5, 0.6) is 17.2 Å². The molecule has 142 valence electrons. The van der Waals surface area contributed by atoms with E-state index in [1.807, 2.05) is 23.7 Å². The Hall–Kier alpha value is -2.80. The molecule has 27 heavy (non-hydrogen) atoms. The highest BCUT2D eigenvalue weighted by atomic mass is 32.1. The molecule has 0 aliphatic carbocycles. The predicted octanol–water partition coefficient (Wildman–Crippen LogP) is 3.57. The van der Waals surface area contributed by atoms with Crippen molar-refractivity contribution < 1.29 is 19.0 Å². The Morgan fingerprint density at radius 2 is 1.78 bits per heavy atom. The normalized spacial score (nSPS) is 11.7. The van der Waals surface area contributed by atoms with Gasteiger partial charge in [-0.25, -0.2) is 0 Å². The molecule has 0 bridgehead atoms. The van der Waals surface area contributed by atoms with E-state index in [-0.39, 0.29) is 5.91 Å². The van der Waals surface area contributed by atoms with Crippen LogP contribution in [0.2, 0.25) is 0 Å². The maximum atomic E-state index is 12.8. The summed E-state index contributed by atoms with van der Waals surface area (Å²) in [5.41, 5.74) is 2.71. The highest BCUT2D eigenvalue weighted by Gasteiger charge is 2.17. The van der Waals surface area contributed by atoms with E-state index in [1.54, 1.807) is 12.1 Å². The van der Waals surface area contributed by atoms with Gasteiger partial charge in [-0.1, -0.05) is 30.4 Å². The number of thiazole rings is 1. The van der Waals surface area contributed by atoms with Crippen molar-refractivity contribution in [1.82, 2.24) is 4.57 Å². The van der Waals surface area contributed by atoms with Gasteiger partial charge in [-0.3, -0.25) is 4.79 Å². The van der Waals surface area contributed by atoms with Crippen molar-refractivity contribution in [3.05, 3.63) is 46.3 Å². The molecule has 3 rings (SSSR count). The van der Waals surface area contributed by atoms with Crippen molar-refractivity contribution in [3.8, 4) is 17.2 Å². The lowest BCUT2D eigenvalue weighted by Crippen LogP contribution is -2.14. The molecule has 0 fully saturated rings. The number of hydrogen-bond donors (Lipinski definition) is 0. The molecule has 7 heteroatoms. The molecule has 0 saturated heterocycles. The molecule has 1 aromatic heterocycles. The van der Waals surface area contributed by atoms with Crippen molar-refractivity contribution in [1.29, 1.82) is 0 Å². The van der Waals surface area contributed by atoms with Gasteiger partial charge in [0, 0.05) is 12.6 Å². The topological polar surface area (TPSA) is 62.1 Å². The smallest absolute Gasteiger partial charge is 0.279 e. The number of aryl methyl sites for hydroxylation is 2. The average Bonchev–Trinajstić information content (AvgIpc) is 3.02. The van der Waals surface area contributed by atoms with E-state index in [0.29, 0.717) is 27.6 Å². The molecule has 0 radical (unpaired) electrons. The van der Waals surface area contributed by atoms with E-state index in [9.17, 15) is 4.79 Å². The summed E-state index contributed by atoms with van der Waals surface area (Å²) < 4.78 is 19.0. The van der Waals surface area contributed by atoms with Gasteiger partial charge in [0.2, 0.25) is 5.75 Å². The summed E-state index contributed by atoms with van der Waals surface area (Å²) in [6.07, 6.45) is 0.919. The fraction of sp³-hybridized carbons (Fsp3) is 0.300. The molecule has 3 aromatic rings. The summed E-state index contributed by atoms with van der Waals surface area (Å²) >= 11 is 1.49. The maximum Gasteiger partial charge on any atom is 0.279 e. The van der Waals surface area contributed by atoms with E-state index in [0.717, 1.165) is 16.6 Å². The third-order valence-corrected chi connectivity index (χ3v) is 5.49. The fourth-order valence-corrected chi connectivity index (χ4v) is 4.10. The van der Waals surface area contributed by atoms with Crippen molar-refractivity contribution >= 4 is 27.5 Å². The van der Waals surface area contributed by atoms with Gasteiger partial charge in [0.05, 0.1) is 31.5 Å². The summed E-state index contributed by atoms with van der Waals surface area (Å²) in [6, 6.07) is 9.39. The van der Waals surface area contributed by atoms with Crippen molar-refractivity contribution in [2.24, 2.45) is 12.0 Å². The lowest BCUT2D eigenvalue weighted by molar-refractivity contribution is 0.0997. The molecule has 1 heterocycles. The molecule has 0 unspecified atom stereocenters. The van der Waals surface area contributed by atoms with Gasteiger partial charge in [0.1, 0.15) is 0 Å². The van der Waals surface area contributed by atoms with Crippen LogP contribution in [-0.4, -0.2) is 31.8 Å². The van der Waals surface area contributed by atoms with Crippen LogP contribution in [0.15, 0.2) is 35.3 Å². The number of hydrogen-bond acceptors (Lipinski definition) is 5. The number of amides is 1.